The van der Waals surface area contributed by atoms with Gasteiger partial charge in [-0.15, -0.1) is 0 Å². The van der Waals surface area contributed by atoms with Crippen LogP contribution < -0.4 is 5.32 Å². The Bertz CT molecular complexity index is 169. The number of aliphatic hydroxyl groups is 1. The molecule has 2 nitrogen and oxygen atoms in total. The second-order valence-corrected chi connectivity index (χ2v) is 5.05. The maximum Gasteiger partial charge on any atom is 0.0650 e. The third-order valence-electron chi connectivity index (χ3n) is 3.56. The van der Waals surface area contributed by atoms with Crippen LogP contribution in [0.25, 0.3) is 0 Å². The van der Waals surface area contributed by atoms with Crippen molar-refractivity contribution in [2.45, 2.75) is 44.6 Å². The smallest absolute Gasteiger partial charge is 0.0650 e. The van der Waals surface area contributed by atoms with Crippen molar-refractivity contribution < 1.29 is 5.11 Å². The number of hydrogen-bond acceptors (Lipinski definition) is 2. The van der Waals surface area contributed by atoms with Crippen LogP contribution in [-0.4, -0.2) is 23.8 Å². The summed E-state index contributed by atoms with van der Waals surface area (Å²) in [6, 6.07) is 0. The number of rotatable bonds is 3. The van der Waals surface area contributed by atoms with Gasteiger partial charge in [-0.25, -0.2) is 0 Å². The molecule has 0 bridgehead atoms. The molecule has 1 aliphatic carbocycles. The van der Waals surface area contributed by atoms with Crippen LogP contribution in [-0.2, 0) is 0 Å². The largest absolute Gasteiger partial charge is 0.390 e. The van der Waals surface area contributed by atoms with E-state index < -0.39 is 0 Å². The van der Waals surface area contributed by atoms with Crippen molar-refractivity contribution in [1.82, 2.24) is 5.32 Å². The van der Waals surface area contributed by atoms with Gasteiger partial charge in [0.25, 0.3) is 0 Å². The zero-order valence-corrected chi connectivity index (χ0v) is 8.55. The second-order valence-electron chi connectivity index (χ2n) is 5.05. The predicted octanol–water partition coefficient (Wildman–Crippen LogP) is 1.54. The quantitative estimate of drug-likeness (QED) is 0.695. The van der Waals surface area contributed by atoms with Gasteiger partial charge in [0.2, 0.25) is 0 Å². The highest BCUT2D eigenvalue weighted by atomic mass is 16.3. The Labute approximate surface area is 80.7 Å². The van der Waals surface area contributed by atoms with E-state index >= 15 is 0 Å². The minimum absolute atomic E-state index is 0.371. The fourth-order valence-corrected chi connectivity index (χ4v) is 2.55. The van der Waals surface area contributed by atoms with Crippen molar-refractivity contribution in [2.75, 3.05) is 13.1 Å². The molecule has 13 heavy (non-hydrogen) atoms. The van der Waals surface area contributed by atoms with E-state index in [4.69, 9.17) is 0 Å². The SMILES string of the molecule is CC(O)(CC1CCCNC1)C1CC1. The topological polar surface area (TPSA) is 32.3 Å². The summed E-state index contributed by atoms with van der Waals surface area (Å²) in [6.07, 6.45) is 6.08. The van der Waals surface area contributed by atoms with Gasteiger partial charge in [0.15, 0.2) is 0 Å². The van der Waals surface area contributed by atoms with Gasteiger partial charge in [-0.2, -0.15) is 0 Å². The van der Waals surface area contributed by atoms with Crippen LogP contribution >= 0.6 is 0 Å². The Kier molecular flexibility index (Phi) is 2.61. The molecule has 2 unspecified atom stereocenters. The molecule has 1 heterocycles. The van der Waals surface area contributed by atoms with E-state index in [0.29, 0.717) is 11.8 Å². The first kappa shape index (κ1) is 9.47. The third-order valence-corrected chi connectivity index (χ3v) is 3.56. The molecule has 2 heteroatoms. The molecule has 2 fully saturated rings. The Morgan fingerprint density at radius 2 is 2.15 bits per heavy atom. The molecule has 1 saturated carbocycles. The molecule has 0 aromatic heterocycles. The Balaban J connectivity index is 1.80. The predicted molar refractivity (Wildman–Crippen MR) is 53.6 cm³/mol. The zero-order chi connectivity index (χ0) is 9.31. The number of hydrogen-bond donors (Lipinski definition) is 2. The van der Waals surface area contributed by atoms with Crippen LogP contribution in [0.2, 0.25) is 0 Å². The minimum Gasteiger partial charge on any atom is -0.390 e. The molecule has 2 atom stereocenters. The molecule has 0 radical (unpaired) electrons. The van der Waals surface area contributed by atoms with E-state index in [0.717, 1.165) is 13.0 Å². The molecule has 2 N–H and O–H groups in total. The van der Waals surface area contributed by atoms with E-state index in [1.165, 1.54) is 32.2 Å². The summed E-state index contributed by atoms with van der Waals surface area (Å²) in [5.74, 6) is 1.32. The lowest BCUT2D eigenvalue weighted by atomic mass is 9.84. The molecular weight excluding hydrogens is 162 g/mol. The Morgan fingerprint density at radius 3 is 2.69 bits per heavy atom. The Morgan fingerprint density at radius 1 is 1.38 bits per heavy atom. The van der Waals surface area contributed by atoms with Crippen LogP contribution in [0.15, 0.2) is 0 Å². The van der Waals surface area contributed by atoms with Crippen LogP contribution in [0.4, 0.5) is 0 Å². The Hall–Kier alpha value is -0.0800. The summed E-state index contributed by atoms with van der Waals surface area (Å²) in [6.45, 7) is 4.31. The molecule has 1 saturated heterocycles. The lowest BCUT2D eigenvalue weighted by Crippen LogP contribution is -2.37. The van der Waals surface area contributed by atoms with Gasteiger partial charge in [-0.05, 0) is 64.0 Å². The lowest BCUT2D eigenvalue weighted by Gasteiger charge is -2.31. The molecule has 2 rings (SSSR count). The molecule has 0 aromatic carbocycles. The average Bonchev–Trinajstić information content (AvgIpc) is 2.87. The van der Waals surface area contributed by atoms with Gasteiger partial charge < -0.3 is 10.4 Å². The first-order valence-electron chi connectivity index (χ1n) is 5.61. The van der Waals surface area contributed by atoms with E-state index in [2.05, 4.69) is 5.32 Å². The summed E-state index contributed by atoms with van der Waals surface area (Å²) < 4.78 is 0. The maximum absolute atomic E-state index is 10.2. The molecular formula is C11H21NO. The van der Waals surface area contributed by atoms with E-state index in [-0.39, 0.29) is 5.60 Å². The number of piperidine rings is 1. The highest BCUT2D eigenvalue weighted by molar-refractivity contribution is 4.93. The highest BCUT2D eigenvalue weighted by Gasteiger charge is 2.41. The van der Waals surface area contributed by atoms with E-state index in [1.807, 2.05) is 6.92 Å². The monoisotopic (exact) mass is 183 g/mol. The van der Waals surface area contributed by atoms with Crippen molar-refractivity contribution >= 4 is 0 Å². The van der Waals surface area contributed by atoms with Gasteiger partial charge in [0.05, 0.1) is 5.60 Å². The molecule has 0 aromatic rings. The second kappa shape index (κ2) is 3.58. The minimum atomic E-state index is -0.371. The third kappa shape index (κ3) is 2.44. The normalized spacial score (nSPS) is 34.2. The first-order valence-corrected chi connectivity index (χ1v) is 5.61. The fourth-order valence-electron chi connectivity index (χ4n) is 2.55. The van der Waals surface area contributed by atoms with E-state index in [1.54, 1.807) is 0 Å². The summed E-state index contributed by atoms with van der Waals surface area (Å²) >= 11 is 0. The van der Waals surface area contributed by atoms with Crippen LogP contribution in [0.1, 0.15) is 39.0 Å². The van der Waals surface area contributed by atoms with E-state index in [9.17, 15) is 5.11 Å². The fraction of sp³-hybridized carbons (Fsp3) is 1.00. The molecule has 0 amide bonds. The number of nitrogens with one attached hydrogen (secondary N) is 1. The van der Waals surface area contributed by atoms with Crippen molar-refractivity contribution in [2.24, 2.45) is 11.8 Å². The summed E-state index contributed by atoms with van der Waals surface area (Å²) in [5, 5.41) is 13.6. The van der Waals surface area contributed by atoms with Crippen LogP contribution in [0.5, 0.6) is 0 Å². The van der Waals surface area contributed by atoms with Gasteiger partial charge >= 0.3 is 0 Å². The highest BCUT2D eigenvalue weighted by Crippen LogP contribution is 2.43. The average molecular weight is 183 g/mol. The van der Waals surface area contributed by atoms with Crippen molar-refractivity contribution in [3.05, 3.63) is 0 Å². The first-order chi connectivity index (χ1) is 6.18. The van der Waals surface area contributed by atoms with Crippen LogP contribution in [0, 0.1) is 11.8 Å². The van der Waals surface area contributed by atoms with Gasteiger partial charge in [0, 0.05) is 0 Å². The summed E-state index contributed by atoms with van der Waals surface area (Å²) in [4.78, 5) is 0. The van der Waals surface area contributed by atoms with Crippen molar-refractivity contribution in [3.63, 3.8) is 0 Å². The van der Waals surface area contributed by atoms with Gasteiger partial charge in [0.1, 0.15) is 0 Å². The molecule has 0 spiro atoms. The zero-order valence-electron chi connectivity index (χ0n) is 8.55. The summed E-state index contributed by atoms with van der Waals surface area (Å²) in [7, 11) is 0. The molecule has 1 aliphatic heterocycles. The van der Waals surface area contributed by atoms with Crippen molar-refractivity contribution in [3.8, 4) is 0 Å². The molecule has 2 aliphatic rings. The van der Waals surface area contributed by atoms with Crippen LogP contribution in [0.3, 0.4) is 0 Å². The summed E-state index contributed by atoms with van der Waals surface area (Å²) in [5.41, 5.74) is -0.371. The standard InChI is InChI=1S/C11H21NO/c1-11(13,10-4-5-10)7-9-3-2-6-12-8-9/h9-10,12-13H,2-8H2,1H3. The maximum atomic E-state index is 10.2. The molecule has 76 valence electrons. The lowest BCUT2D eigenvalue weighted by molar-refractivity contribution is 0.00876. The van der Waals surface area contributed by atoms with Gasteiger partial charge in [-0.1, -0.05) is 0 Å². The van der Waals surface area contributed by atoms with Crippen molar-refractivity contribution in [1.29, 1.82) is 0 Å². The van der Waals surface area contributed by atoms with Gasteiger partial charge in [-0.3, -0.25) is 0 Å².